The van der Waals surface area contributed by atoms with Crippen molar-refractivity contribution < 1.29 is 4.74 Å². The summed E-state index contributed by atoms with van der Waals surface area (Å²) >= 11 is 0. The molecule has 2 saturated carbocycles. The molecular formula is C22H31NO. The number of hydrogen-bond acceptors (Lipinski definition) is 2. The number of ether oxygens (including phenoxy) is 1. The zero-order valence-electron chi connectivity index (χ0n) is 15.3. The third kappa shape index (κ3) is 2.11. The molecular weight excluding hydrogens is 294 g/mol. The minimum Gasteiger partial charge on any atom is -0.497 e. The lowest BCUT2D eigenvalue weighted by Gasteiger charge is -2.60. The number of nitrogens with zero attached hydrogens (tertiary/aromatic N) is 1. The van der Waals surface area contributed by atoms with Gasteiger partial charge in [0.1, 0.15) is 5.75 Å². The Morgan fingerprint density at radius 3 is 2.83 bits per heavy atom. The van der Waals surface area contributed by atoms with Crippen molar-refractivity contribution >= 4 is 0 Å². The molecule has 4 atom stereocenters. The van der Waals surface area contributed by atoms with Crippen molar-refractivity contribution in [2.24, 2.45) is 11.8 Å². The van der Waals surface area contributed by atoms with Gasteiger partial charge in [-0.3, -0.25) is 4.90 Å². The zero-order chi connectivity index (χ0) is 16.3. The smallest absolute Gasteiger partial charge is 0.119 e. The molecule has 2 nitrogen and oxygen atoms in total. The molecule has 3 fully saturated rings. The summed E-state index contributed by atoms with van der Waals surface area (Å²) in [5, 5.41) is 0. The van der Waals surface area contributed by atoms with Gasteiger partial charge in [0.2, 0.25) is 0 Å². The van der Waals surface area contributed by atoms with E-state index in [1.165, 1.54) is 57.9 Å². The van der Waals surface area contributed by atoms with E-state index in [2.05, 4.69) is 30.0 Å². The molecule has 0 spiro atoms. The van der Waals surface area contributed by atoms with Crippen LogP contribution in [0.4, 0.5) is 0 Å². The summed E-state index contributed by atoms with van der Waals surface area (Å²) in [6.45, 7) is 3.83. The Balaban J connectivity index is 1.58. The minimum absolute atomic E-state index is 0.449. The third-order valence-corrected chi connectivity index (χ3v) is 7.91. The average Bonchev–Trinajstić information content (AvgIpc) is 3.46. The molecule has 0 N–H and O–H groups in total. The Morgan fingerprint density at radius 2 is 2.04 bits per heavy atom. The molecule has 0 radical (unpaired) electrons. The first-order valence-corrected chi connectivity index (χ1v) is 10.2. The lowest BCUT2D eigenvalue weighted by Crippen LogP contribution is -2.62. The van der Waals surface area contributed by atoms with E-state index in [-0.39, 0.29) is 0 Å². The normalized spacial score (nSPS) is 36.6. The Hall–Kier alpha value is -1.02. The van der Waals surface area contributed by atoms with Gasteiger partial charge in [0.15, 0.2) is 0 Å². The largest absolute Gasteiger partial charge is 0.497 e. The van der Waals surface area contributed by atoms with E-state index in [0.717, 1.165) is 29.7 Å². The molecule has 1 aromatic carbocycles. The van der Waals surface area contributed by atoms with E-state index in [9.17, 15) is 0 Å². The van der Waals surface area contributed by atoms with Crippen LogP contribution in [-0.2, 0) is 11.8 Å². The van der Waals surface area contributed by atoms with Gasteiger partial charge < -0.3 is 4.74 Å². The molecule has 0 aromatic heterocycles. The summed E-state index contributed by atoms with van der Waals surface area (Å²) in [7, 11) is 1.81. The standard InChI is InChI=1S/C22H31NO/c1-15(16-6-7-16)23-12-11-22-10-4-3-5-19(22)21(23)13-17-8-9-18(24-2)14-20(17)22/h8-9,14-16,19,21H,3-7,10-13H2,1-2H3/t15?,19?,21-,22-/m0/s1. The molecule has 0 amide bonds. The van der Waals surface area contributed by atoms with Gasteiger partial charge in [-0.05, 0) is 87.1 Å². The molecule has 1 saturated heterocycles. The molecule has 1 aromatic rings. The highest BCUT2D eigenvalue weighted by molar-refractivity contribution is 5.45. The van der Waals surface area contributed by atoms with Gasteiger partial charge in [-0.25, -0.2) is 0 Å². The average molecular weight is 325 g/mol. The quantitative estimate of drug-likeness (QED) is 0.808. The lowest BCUT2D eigenvalue weighted by molar-refractivity contribution is -0.0343. The van der Waals surface area contributed by atoms with Crippen LogP contribution in [0.3, 0.4) is 0 Å². The molecule has 1 heterocycles. The summed E-state index contributed by atoms with van der Waals surface area (Å²) in [5.74, 6) is 2.92. The van der Waals surface area contributed by atoms with Gasteiger partial charge in [0.25, 0.3) is 0 Å². The number of fused-ring (bicyclic) bond motifs is 1. The first-order chi connectivity index (χ1) is 11.7. The number of hydrogen-bond donors (Lipinski definition) is 0. The number of likely N-dealkylation sites (tertiary alicyclic amines) is 1. The van der Waals surface area contributed by atoms with Gasteiger partial charge in [0.05, 0.1) is 7.11 Å². The van der Waals surface area contributed by atoms with Gasteiger partial charge in [0, 0.05) is 17.5 Å². The van der Waals surface area contributed by atoms with Gasteiger partial charge in [-0.2, -0.15) is 0 Å². The van der Waals surface area contributed by atoms with Crippen LogP contribution >= 0.6 is 0 Å². The third-order valence-electron chi connectivity index (χ3n) is 7.91. The van der Waals surface area contributed by atoms with E-state index >= 15 is 0 Å². The second-order valence-corrected chi connectivity index (χ2v) is 8.87. The molecule has 2 unspecified atom stereocenters. The fraction of sp³-hybridized carbons (Fsp3) is 0.727. The summed E-state index contributed by atoms with van der Waals surface area (Å²) in [6, 6.07) is 8.54. The van der Waals surface area contributed by atoms with Crippen molar-refractivity contribution in [2.75, 3.05) is 13.7 Å². The van der Waals surface area contributed by atoms with Crippen LogP contribution in [0.1, 0.15) is 63.0 Å². The number of piperidine rings is 1. The van der Waals surface area contributed by atoms with Crippen LogP contribution in [0.15, 0.2) is 18.2 Å². The highest BCUT2D eigenvalue weighted by atomic mass is 16.5. The van der Waals surface area contributed by atoms with Crippen LogP contribution in [0.25, 0.3) is 0 Å². The maximum Gasteiger partial charge on any atom is 0.119 e. The van der Waals surface area contributed by atoms with E-state index in [4.69, 9.17) is 4.74 Å². The first-order valence-electron chi connectivity index (χ1n) is 10.2. The van der Waals surface area contributed by atoms with Crippen molar-refractivity contribution in [3.05, 3.63) is 29.3 Å². The summed E-state index contributed by atoms with van der Waals surface area (Å²) in [4.78, 5) is 2.93. The summed E-state index contributed by atoms with van der Waals surface area (Å²) in [5.41, 5.74) is 3.72. The van der Waals surface area contributed by atoms with Crippen LogP contribution < -0.4 is 4.74 Å². The van der Waals surface area contributed by atoms with Crippen LogP contribution in [0.5, 0.6) is 5.75 Å². The van der Waals surface area contributed by atoms with Gasteiger partial charge in [-0.1, -0.05) is 18.9 Å². The van der Waals surface area contributed by atoms with Gasteiger partial charge in [-0.15, -0.1) is 0 Å². The second-order valence-electron chi connectivity index (χ2n) is 8.87. The predicted octanol–water partition coefficient (Wildman–Crippen LogP) is 4.55. The van der Waals surface area contributed by atoms with E-state index in [0.29, 0.717) is 5.41 Å². The fourth-order valence-electron chi connectivity index (χ4n) is 6.50. The molecule has 2 bridgehead atoms. The van der Waals surface area contributed by atoms with Crippen molar-refractivity contribution in [2.45, 2.75) is 75.8 Å². The van der Waals surface area contributed by atoms with Crippen LogP contribution in [-0.4, -0.2) is 30.6 Å². The van der Waals surface area contributed by atoms with Crippen molar-refractivity contribution in [1.82, 2.24) is 4.90 Å². The summed E-state index contributed by atoms with van der Waals surface area (Å²) < 4.78 is 5.58. The zero-order valence-corrected chi connectivity index (χ0v) is 15.3. The number of rotatable bonds is 3. The summed E-state index contributed by atoms with van der Waals surface area (Å²) in [6.07, 6.45) is 11.3. The van der Waals surface area contributed by atoms with E-state index in [1.807, 2.05) is 7.11 Å². The predicted molar refractivity (Wildman–Crippen MR) is 97.6 cm³/mol. The Labute approximate surface area is 146 Å². The topological polar surface area (TPSA) is 12.5 Å². The molecule has 24 heavy (non-hydrogen) atoms. The van der Waals surface area contributed by atoms with E-state index < -0.39 is 0 Å². The number of methoxy groups -OCH3 is 1. The van der Waals surface area contributed by atoms with Crippen LogP contribution in [0, 0.1) is 11.8 Å². The molecule has 3 aliphatic carbocycles. The van der Waals surface area contributed by atoms with Crippen molar-refractivity contribution in [3.63, 3.8) is 0 Å². The maximum absolute atomic E-state index is 5.58. The first kappa shape index (κ1) is 15.3. The Morgan fingerprint density at radius 1 is 1.17 bits per heavy atom. The highest BCUT2D eigenvalue weighted by Crippen LogP contribution is 2.57. The number of benzene rings is 1. The molecule has 1 aliphatic heterocycles. The SMILES string of the molecule is COc1ccc2c(c1)[C@]13CCCCC1[C@H](C2)N(C(C)C1CC1)CC3. The van der Waals surface area contributed by atoms with Crippen molar-refractivity contribution in [3.8, 4) is 5.75 Å². The fourth-order valence-corrected chi connectivity index (χ4v) is 6.50. The van der Waals surface area contributed by atoms with E-state index in [1.54, 1.807) is 11.1 Å². The second kappa shape index (κ2) is 5.49. The van der Waals surface area contributed by atoms with Gasteiger partial charge >= 0.3 is 0 Å². The Bertz CT molecular complexity index is 637. The molecule has 2 heteroatoms. The van der Waals surface area contributed by atoms with Crippen LogP contribution in [0.2, 0.25) is 0 Å². The van der Waals surface area contributed by atoms with Crippen molar-refractivity contribution in [1.29, 1.82) is 0 Å². The molecule has 4 aliphatic rings. The highest BCUT2D eigenvalue weighted by Gasteiger charge is 2.55. The molecule has 5 rings (SSSR count). The Kier molecular flexibility index (Phi) is 3.49. The lowest BCUT2D eigenvalue weighted by atomic mass is 9.52. The maximum atomic E-state index is 5.58. The monoisotopic (exact) mass is 325 g/mol. The minimum atomic E-state index is 0.449. The molecule has 130 valence electrons.